The smallest absolute Gasteiger partial charge is 0.341 e. The summed E-state index contributed by atoms with van der Waals surface area (Å²) in [6.07, 6.45) is 3.18. The summed E-state index contributed by atoms with van der Waals surface area (Å²) in [6, 6.07) is 7.78. The van der Waals surface area contributed by atoms with Crippen molar-refractivity contribution in [3.05, 3.63) is 52.6 Å². The van der Waals surface area contributed by atoms with Crippen LogP contribution in [-0.2, 0) is 11.3 Å². The van der Waals surface area contributed by atoms with E-state index in [0.717, 1.165) is 22.0 Å². The number of aromatic nitrogens is 3. The fourth-order valence-electron chi connectivity index (χ4n) is 2.21. The van der Waals surface area contributed by atoms with E-state index in [-0.39, 0.29) is 5.97 Å². The Morgan fingerprint density at radius 3 is 3.04 bits per heavy atom. The molecule has 0 unspecified atom stereocenters. The fourth-order valence-corrected chi connectivity index (χ4v) is 3.00. The minimum absolute atomic E-state index is 0.348. The summed E-state index contributed by atoms with van der Waals surface area (Å²) in [6.45, 7) is 2.63. The number of hydrogen-bond donors (Lipinski definition) is 0. The minimum Gasteiger partial charge on any atom is -0.497 e. The van der Waals surface area contributed by atoms with Crippen LogP contribution in [-0.4, -0.2) is 34.5 Å². The molecule has 24 heavy (non-hydrogen) atoms. The van der Waals surface area contributed by atoms with Crippen molar-refractivity contribution < 1.29 is 14.3 Å². The second kappa shape index (κ2) is 7.27. The topological polar surface area (TPSA) is 66.2 Å². The summed E-state index contributed by atoms with van der Waals surface area (Å²) in [4.78, 5) is 16.3. The maximum absolute atomic E-state index is 11.7. The van der Waals surface area contributed by atoms with Gasteiger partial charge in [0.1, 0.15) is 10.8 Å². The summed E-state index contributed by atoms with van der Waals surface area (Å²) in [5.74, 6) is 0.438. The van der Waals surface area contributed by atoms with Crippen LogP contribution < -0.4 is 4.74 Å². The largest absolute Gasteiger partial charge is 0.497 e. The van der Waals surface area contributed by atoms with Crippen LogP contribution in [0.3, 0.4) is 0 Å². The van der Waals surface area contributed by atoms with Gasteiger partial charge < -0.3 is 9.47 Å². The fraction of sp³-hybridized carbons (Fsp3) is 0.235. The number of carbonyl (C=O) groups is 1. The number of methoxy groups -OCH3 is 1. The predicted octanol–water partition coefficient (Wildman–Crippen LogP) is 3.24. The average Bonchev–Trinajstić information content (AvgIpc) is 3.25. The first-order chi connectivity index (χ1) is 11.7. The van der Waals surface area contributed by atoms with Crippen molar-refractivity contribution >= 4 is 17.3 Å². The third-order valence-corrected chi connectivity index (χ3v) is 4.19. The molecule has 0 N–H and O–H groups in total. The second-order valence-corrected chi connectivity index (χ2v) is 5.95. The maximum atomic E-state index is 11.7. The average molecular weight is 343 g/mol. The highest BCUT2D eigenvalue weighted by Crippen LogP contribution is 2.25. The number of rotatable bonds is 6. The first-order valence-electron chi connectivity index (χ1n) is 7.48. The lowest BCUT2D eigenvalue weighted by molar-refractivity contribution is 0.0526. The normalized spacial score (nSPS) is 10.6. The van der Waals surface area contributed by atoms with Crippen molar-refractivity contribution in [1.29, 1.82) is 0 Å². The highest BCUT2D eigenvalue weighted by molar-refractivity contribution is 7.09. The lowest BCUT2D eigenvalue weighted by Crippen LogP contribution is -2.04. The van der Waals surface area contributed by atoms with Crippen LogP contribution in [0.2, 0.25) is 0 Å². The van der Waals surface area contributed by atoms with Gasteiger partial charge in [0, 0.05) is 17.1 Å². The molecule has 0 bridgehead atoms. The van der Waals surface area contributed by atoms with Crippen molar-refractivity contribution in [3.8, 4) is 17.0 Å². The first-order valence-corrected chi connectivity index (χ1v) is 8.36. The van der Waals surface area contributed by atoms with Gasteiger partial charge in [-0.25, -0.2) is 9.78 Å². The van der Waals surface area contributed by atoms with E-state index >= 15 is 0 Å². The van der Waals surface area contributed by atoms with Crippen LogP contribution in [0.5, 0.6) is 5.75 Å². The van der Waals surface area contributed by atoms with Crippen LogP contribution in [0, 0.1) is 0 Å². The Labute approximate surface area is 143 Å². The monoisotopic (exact) mass is 343 g/mol. The second-order valence-electron chi connectivity index (χ2n) is 5.01. The highest BCUT2D eigenvalue weighted by atomic mass is 32.1. The number of thiazole rings is 1. The van der Waals surface area contributed by atoms with Crippen molar-refractivity contribution in [1.82, 2.24) is 14.8 Å². The van der Waals surface area contributed by atoms with E-state index in [2.05, 4.69) is 10.1 Å². The number of ether oxygens (including phenoxy) is 2. The zero-order valence-corrected chi connectivity index (χ0v) is 14.2. The molecule has 3 rings (SSSR count). The number of carbonyl (C=O) groups excluding carboxylic acids is 1. The van der Waals surface area contributed by atoms with E-state index in [4.69, 9.17) is 9.47 Å². The van der Waals surface area contributed by atoms with Gasteiger partial charge >= 0.3 is 5.97 Å². The molecule has 0 aliphatic rings. The maximum Gasteiger partial charge on any atom is 0.341 e. The zero-order valence-electron chi connectivity index (χ0n) is 13.4. The van der Waals surface area contributed by atoms with Crippen molar-refractivity contribution in [2.24, 2.45) is 0 Å². The summed E-state index contributed by atoms with van der Waals surface area (Å²) < 4.78 is 11.9. The molecule has 0 saturated carbocycles. The Morgan fingerprint density at radius 1 is 1.38 bits per heavy atom. The summed E-state index contributed by atoms with van der Waals surface area (Å²) >= 11 is 1.55. The zero-order chi connectivity index (χ0) is 16.9. The van der Waals surface area contributed by atoms with E-state index in [1.807, 2.05) is 29.6 Å². The summed E-state index contributed by atoms with van der Waals surface area (Å²) in [5.41, 5.74) is 2.35. The molecule has 0 fully saturated rings. The lowest BCUT2D eigenvalue weighted by Gasteiger charge is -2.01. The van der Waals surface area contributed by atoms with Crippen molar-refractivity contribution in [2.75, 3.05) is 13.7 Å². The van der Waals surface area contributed by atoms with E-state index in [1.54, 1.807) is 36.2 Å². The van der Waals surface area contributed by atoms with E-state index < -0.39 is 0 Å². The molecule has 0 radical (unpaired) electrons. The standard InChI is InChI=1S/C17H17N3O3S/c1-3-23-17(21)13-8-18-20(9-13)10-16-19-15(11-24-16)12-5-4-6-14(7-12)22-2/h4-9,11H,3,10H2,1-2H3. The number of benzene rings is 1. The van der Waals surface area contributed by atoms with E-state index in [0.29, 0.717) is 18.7 Å². The molecule has 0 atom stereocenters. The summed E-state index contributed by atoms with van der Waals surface area (Å²) in [5, 5.41) is 7.10. The Balaban J connectivity index is 1.73. The molecular formula is C17H17N3O3S. The van der Waals surface area contributed by atoms with Gasteiger partial charge in [-0.3, -0.25) is 4.68 Å². The minimum atomic E-state index is -0.361. The number of hydrogen-bond acceptors (Lipinski definition) is 6. The molecule has 2 heterocycles. The molecular weight excluding hydrogens is 326 g/mol. The van der Waals surface area contributed by atoms with Crippen LogP contribution in [0.25, 0.3) is 11.3 Å². The molecule has 124 valence electrons. The molecule has 0 aliphatic carbocycles. The lowest BCUT2D eigenvalue weighted by atomic mass is 10.2. The van der Waals surface area contributed by atoms with Gasteiger partial charge in [-0.05, 0) is 19.1 Å². The van der Waals surface area contributed by atoms with Gasteiger partial charge in [-0.2, -0.15) is 5.10 Å². The van der Waals surface area contributed by atoms with E-state index in [1.165, 1.54) is 6.20 Å². The Bertz CT molecular complexity index is 841. The van der Waals surface area contributed by atoms with Crippen molar-refractivity contribution in [3.63, 3.8) is 0 Å². The molecule has 6 nitrogen and oxygen atoms in total. The molecule has 0 saturated heterocycles. The van der Waals surface area contributed by atoms with Gasteiger partial charge in [0.05, 0.1) is 37.7 Å². The molecule has 0 spiro atoms. The van der Waals surface area contributed by atoms with Gasteiger partial charge in [0.15, 0.2) is 0 Å². The Morgan fingerprint density at radius 2 is 2.25 bits per heavy atom. The van der Waals surface area contributed by atoms with Crippen LogP contribution in [0.1, 0.15) is 22.3 Å². The molecule has 1 aromatic carbocycles. The number of esters is 1. The molecule has 0 aliphatic heterocycles. The third-order valence-electron chi connectivity index (χ3n) is 3.36. The highest BCUT2D eigenvalue weighted by Gasteiger charge is 2.11. The Kier molecular flexibility index (Phi) is 4.90. The quantitative estimate of drug-likeness (QED) is 0.643. The van der Waals surface area contributed by atoms with Gasteiger partial charge in [0.2, 0.25) is 0 Å². The Hall–Kier alpha value is -2.67. The predicted molar refractivity (Wildman–Crippen MR) is 91.4 cm³/mol. The SMILES string of the molecule is CCOC(=O)c1cnn(Cc2nc(-c3cccc(OC)c3)cs2)c1. The molecule has 7 heteroatoms. The first kappa shape index (κ1) is 16.2. The summed E-state index contributed by atoms with van der Waals surface area (Å²) in [7, 11) is 1.64. The molecule has 3 aromatic rings. The third kappa shape index (κ3) is 3.62. The van der Waals surface area contributed by atoms with Gasteiger partial charge in [-0.1, -0.05) is 12.1 Å². The van der Waals surface area contributed by atoms with Gasteiger partial charge in [0.25, 0.3) is 0 Å². The molecule has 0 amide bonds. The van der Waals surface area contributed by atoms with E-state index in [9.17, 15) is 4.79 Å². The molecule has 2 aromatic heterocycles. The van der Waals surface area contributed by atoms with Gasteiger partial charge in [-0.15, -0.1) is 11.3 Å². The van der Waals surface area contributed by atoms with Crippen LogP contribution in [0.15, 0.2) is 42.0 Å². The van der Waals surface area contributed by atoms with Crippen molar-refractivity contribution in [2.45, 2.75) is 13.5 Å². The number of nitrogens with zero attached hydrogens (tertiary/aromatic N) is 3. The van der Waals surface area contributed by atoms with Crippen LogP contribution in [0.4, 0.5) is 0 Å². The van der Waals surface area contributed by atoms with Crippen LogP contribution >= 0.6 is 11.3 Å².